The molecular weight excluding hydrogens is 208 g/mol. The molecule has 2 fully saturated rings. The van der Waals surface area contributed by atoms with Gasteiger partial charge in [-0.3, -0.25) is 0 Å². The number of fused-ring (bicyclic) bond motifs is 1. The lowest BCUT2D eigenvalue weighted by Crippen LogP contribution is -2.40. The zero-order chi connectivity index (χ0) is 12.6. The smallest absolute Gasteiger partial charge is 0.123 e. The Hall–Kier alpha value is -0.330. The zero-order valence-corrected chi connectivity index (χ0v) is 11.9. The number of hydrogen-bond donors (Lipinski definition) is 0. The summed E-state index contributed by atoms with van der Waals surface area (Å²) in [7, 11) is 0. The Morgan fingerprint density at radius 2 is 1.88 bits per heavy atom. The van der Waals surface area contributed by atoms with Gasteiger partial charge < -0.3 is 4.79 Å². The van der Waals surface area contributed by atoms with Crippen molar-refractivity contribution >= 4 is 6.29 Å². The van der Waals surface area contributed by atoms with Gasteiger partial charge in [0.15, 0.2) is 0 Å². The third kappa shape index (κ3) is 2.06. The van der Waals surface area contributed by atoms with Crippen molar-refractivity contribution < 1.29 is 4.79 Å². The van der Waals surface area contributed by atoms with Gasteiger partial charge in [0.2, 0.25) is 0 Å². The Morgan fingerprint density at radius 3 is 2.47 bits per heavy atom. The summed E-state index contributed by atoms with van der Waals surface area (Å²) in [6, 6.07) is 0. The van der Waals surface area contributed by atoms with Gasteiger partial charge in [-0.2, -0.15) is 0 Å². The fourth-order valence-corrected chi connectivity index (χ4v) is 5.04. The lowest BCUT2D eigenvalue weighted by atomic mass is 9.57. The summed E-state index contributed by atoms with van der Waals surface area (Å²) >= 11 is 0. The van der Waals surface area contributed by atoms with Crippen LogP contribution in [0.4, 0.5) is 0 Å². The Balaban J connectivity index is 2.22. The predicted octanol–water partition coefficient (Wildman–Crippen LogP) is 4.31. The van der Waals surface area contributed by atoms with Gasteiger partial charge in [0.05, 0.1) is 0 Å². The largest absolute Gasteiger partial charge is 0.303 e. The van der Waals surface area contributed by atoms with Crippen molar-refractivity contribution in [3.05, 3.63) is 0 Å². The summed E-state index contributed by atoms with van der Waals surface area (Å²) in [5.41, 5.74) is 0.452. The van der Waals surface area contributed by atoms with E-state index in [0.29, 0.717) is 11.3 Å². The van der Waals surface area contributed by atoms with Crippen molar-refractivity contribution in [1.82, 2.24) is 0 Å². The Bertz CT molecular complexity index is 283. The van der Waals surface area contributed by atoms with E-state index >= 15 is 0 Å². The van der Waals surface area contributed by atoms with E-state index in [0.717, 1.165) is 17.8 Å². The Morgan fingerprint density at radius 1 is 1.18 bits per heavy atom. The van der Waals surface area contributed by atoms with Crippen LogP contribution in [0.25, 0.3) is 0 Å². The number of carbonyl (C=O) groups is 1. The maximum atomic E-state index is 11.1. The number of carbonyl (C=O) groups excluding carboxylic acids is 1. The molecule has 0 spiro atoms. The molecule has 1 unspecified atom stereocenters. The van der Waals surface area contributed by atoms with E-state index in [1.54, 1.807) is 0 Å². The monoisotopic (exact) mass is 236 g/mol. The lowest BCUT2D eigenvalue weighted by molar-refractivity contribution is -0.114. The van der Waals surface area contributed by atoms with E-state index in [4.69, 9.17) is 0 Å². The summed E-state index contributed by atoms with van der Waals surface area (Å²) in [5, 5.41) is 0. The molecule has 0 aromatic heterocycles. The fourth-order valence-electron chi connectivity index (χ4n) is 5.04. The van der Waals surface area contributed by atoms with E-state index in [2.05, 4.69) is 27.7 Å². The molecule has 0 heterocycles. The predicted molar refractivity (Wildman–Crippen MR) is 71.7 cm³/mol. The first-order valence-corrected chi connectivity index (χ1v) is 7.46. The second-order valence-corrected chi connectivity index (χ2v) is 7.09. The van der Waals surface area contributed by atoms with Crippen molar-refractivity contribution in [3.8, 4) is 0 Å². The minimum atomic E-state index is 0.260. The van der Waals surface area contributed by atoms with Gasteiger partial charge in [-0.15, -0.1) is 0 Å². The molecule has 0 aromatic rings. The molecule has 98 valence electrons. The average molecular weight is 236 g/mol. The van der Waals surface area contributed by atoms with Gasteiger partial charge in [-0.1, -0.05) is 34.1 Å². The van der Waals surface area contributed by atoms with Gasteiger partial charge in [-0.05, 0) is 54.8 Å². The highest BCUT2D eigenvalue weighted by Crippen LogP contribution is 2.60. The highest BCUT2D eigenvalue weighted by Gasteiger charge is 2.52. The lowest BCUT2D eigenvalue weighted by Gasteiger charge is -2.47. The van der Waals surface area contributed by atoms with Crippen molar-refractivity contribution in [3.63, 3.8) is 0 Å². The maximum Gasteiger partial charge on any atom is 0.123 e. The molecule has 1 nitrogen and oxygen atoms in total. The highest BCUT2D eigenvalue weighted by atomic mass is 16.1. The van der Waals surface area contributed by atoms with Crippen LogP contribution in [0.3, 0.4) is 0 Å². The Labute approximate surface area is 106 Å². The summed E-state index contributed by atoms with van der Waals surface area (Å²) < 4.78 is 0. The van der Waals surface area contributed by atoms with Crippen LogP contribution in [0.15, 0.2) is 0 Å². The van der Waals surface area contributed by atoms with E-state index in [1.807, 2.05) is 0 Å². The second kappa shape index (κ2) is 4.74. The molecule has 2 aliphatic carbocycles. The van der Waals surface area contributed by atoms with Crippen molar-refractivity contribution in [1.29, 1.82) is 0 Å². The zero-order valence-electron chi connectivity index (χ0n) is 11.9. The summed E-state index contributed by atoms with van der Waals surface area (Å²) in [4.78, 5) is 11.1. The molecule has 0 aliphatic heterocycles. The van der Waals surface area contributed by atoms with Gasteiger partial charge >= 0.3 is 0 Å². The van der Waals surface area contributed by atoms with Crippen LogP contribution < -0.4 is 0 Å². The third-order valence-electron chi connectivity index (χ3n) is 5.96. The Kier molecular flexibility index (Phi) is 3.66. The molecule has 0 N–H and O–H groups in total. The van der Waals surface area contributed by atoms with Crippen LogP contribution in [-0.2, 0) is 4.79 Å². The first-order chi connectivity index (χ1) is 8.00. The van der Waals surface area contributed by atoms with Crippen molar-refractivity contribution in [2.75, 3.05) is 0 Å². The van der Waals surface area contributed by atoms with Crippen LogP contribution in [0, 0.1) is 35.0 Å². The van der Waals surface area contributed by atoms with Crippen LogP contribution in [0.2, 0.25) is 0 Å². The van der Waals surface area contributed by atoms with Crippen molar-refractivity contribution in [2.45, 2.75) is 59.8 Å². The summed E-state index contributed by atoms with van der Waals surface area (Å²) in [6.07, 6.45) is 7.98. The van der Waals surface area contributed by atoms with Crippen molar-refractivity contribution in [2.24, 2.45) is 35.0 Å². The number of rotatable bonds is 3. The van der Waals surface area contributed by atoms with Crippen LogP contribution in [0.1, 0.15) is 59.8 Å². The fraction of sp³-hybridized carbons (Fsp3) is 0.938. The third-order valence-corrected chi connectivity index (χ3v) is 5.96. The molecule has 17 heavy (non-hydrogen) atoms. The minimum absolute atomic E-state index is 0.260. The maximum absolute atomic E-state index is 11.1. The quantitative estimate of drug-likeness (QED) is 0.667. The number of hydrogen-bond acceptors (Lipinski definition) is 1. The van der Waals surface area contributed by atoms with Gasteiger partial charge in [0.1, 0.15) is 6.29 Å². The van der Waals surface area contributed by atoms with Gasteiger partial charge in [-0.25, -0.2) is 0 Å². The topological polar surface area (TPSA) is 17.1 Å². The highest BCUT2D eigenvalue weighted by molar-refractivity contribution is 5.53. The minimum Gasteiger partial charge on any atom is -0.303 e. The molecule has 0 bridgehead atoms. The van der Waals surface area contributed by atoms with E-state index < -0.39 is 0 Å². The van der Waals surface area contributed by atoms with Crippen LogP contribution >= 0.6 is 0 Å². The standard InChI is InChI=1S/C16H28O/c1-11(2)13-6-5-9-16(4)14(12(3)10-17)7-8-15(13)16/h10-15H,5-9H2,1-4H3/t12-,13?,14-,15+,16-/m1/s1. The van der Waals surface area contributed by atoms with Gasteiger partial charge in [0, 0.05) is 5.92 Å². The summed E-state index contributed by atoms with van der Waals surface area (Å²) in [6.45, 7) is 9.37. The average Bonchev–Trinajstić information content (AvgIpc) is 2.64. The molecule has 2 saturated carbocycles. The molecule has 2 rings (SSSR count). The SMILES string of the molecule is CC(C)C1CCC[C@]2(C)[C@@H]([C@H](C)C=O)CC[C@@H]12. The van der Waals surface area contributed by atoms with Crippen LogP contribution in [-0.4, -0.2) is 6.29 Å². The molecule has 5 atom stereocenters. The molecule has 0 aromatic carbocycles. The van der Waals surface area contributed by atoms with E-state index in [9.17, 15) is 4.79 Å². The first kappa shape index (κ1) is 13.1. The normalized spacial score (nSPS) is 43.5. The van der Waals surface area contributed by atoms with Crippen LogP contribution in [0.5, 0.6) is 0 Å². The van der Waals surface area contributed by atoms with E-state index in [-0.39, 0.29) is 5.92 Å². The molecular formula is C16H28O. The molecule has 1 heteroatoms. The summed E-state index contributed by atoms with van der Waals surface area (Å²) in [5.74, 6) is 3.49. The second-order valence-electron chi connectivity index (χ2n) is 7.09. The van der Waals surface area contributed by atoms with E-state index in [1.165, 1.54) is 38.4 Å². The molecule has 0 saturated heterocycles. The molecule has 0 radical (unpaired) electrons. The number of aldehydes is 1. The molecule has 2 aliphatic rings. The van der Waals surface area contributed by atoms with Gasteiger partial charge in [0.25, 0.3) is 0 Å². The first-order valence-electron chi connectivity index (χ1n) is 7.46. The molecule has 0 amide bonds.